The minimum Gasteiger partial charge on any atom is -0.480 e. The molecule has 0 aromatic heterocycles. The average molecular weight is 275 g/mol. The van der Waals surface area contributed by atoms with Crippen LogP contribution in [0, 0.1) is 5.92 Å². The number of rotatable bonds is 2. The highest BCUT2D eigenvalue weighted by atomic mass is 19.3. The summed E-state index contributed by atoms with van der Waals surface area (Å²) in [5.41, 5.74) is 0. The van der Waals surface area contributed by atoms with Crippen molar-refractivity contribution in [1.82, 2.24) is 4.90 Å². The average Bonchev–Trinajstić information content (AvgIpc) is 2.38. The highest BCUT2D eigenvalue weighted by molar-refractivity contribution is 5.85. The van der Waals surface area contributed by atoms with Crippen LogP contribution in [0.1, 0.15) is 44.9 Å². The fraction of sp³-hybridized carbons (Fsp3) is 0.846. The van der Waals surface area contributed by atoms with E-state index in [0.29, 0.717) is 13.0 Å². The maximum Gasteiger partial charge on any atom is 0.326 e. The zero-order valence-corrected chi connectivity index (χ0v) is 10.8. The summed E-state index contributed by atoms with van der Waals surface area (Å²) >= 11 is 0. The van der Waals surface area contributed by atoms with E-state index in [1.807, 2.05) is 0 Å². The molecule has 0 radical (unpaired) electrons. The second-order valence-electron chi connectivity index (χ2n) is 5.51. The van der Waals surface area contributed by atoms with Crippen molar-refractivity contribution >= 4 is 11.9 Å². The maximum absolute atomic E-state index is 13.1. The molecule has 0 aromatic carbocycles. The first-order valence-electron chi connectivity index (χ1n) is 6.82. The molecule has 1 heterocycles. The smallest absolute Gasteiger partial charge is 0.326 e. The standard InChI is InChI=1S/C13H19F2NO3/c14-13(15)6-4-9(5-7-13)11(17)16-8-2-1-3-10(16)12(18)19/h9-10H,1-8H2,(H,18,19)/t10-/m1/s1. The molecular weight excluding hydrogens is 256 g/mol. The van der Waals surface area contributed by atoms with Crippen molar-refractivity contribution in [2.45, 2.75) is 56.9 Å². The number of aliphatic carboxylic acids is 1. The van der Waals surface area contributed by atoms with Gasteiger partial charge in [0.1, 0.15) is 6.04 Å². The third-order valence-corrected chi connectivity index (χ3v) is 4.14. The molecule has 0 unspecified atom stereocenters. The molecule has 2 rings (SSSR count). The van der Waals surface area contributed by atoms with Crippen LogP contribution >= 0.6 is 0 Å². The first kappa shape index (κ1) is 14.2. The number of likely N-dealkylation sites (tertiary alicyclic amines) is 1. The third-order valence-electron chi connectivity index (χ3n) is 4.14. The van der Waals surface area contributed by atoms with Crippen LogP contribution in [0.15, 0.2) is 0 Å². The molecule has 1 aliphatic carbocycles. The van der Waals surface area contributed by atoms with Crippen LogP contribution in [0.5, 0.6) is 0 Å². The van der Waals surface area contributed by atoms with E-state index in [2.05, 4.69) is 0 Å². The van der Waals surface area contributed by atoms with Crippen molar-refractivity contribution in [1.29, 1.82) is 0 Å². The number of carbonyl (C=O) groups excluding carboxylic acids is 1. The summed E-state index contributed by atoms with van der Waals surface area (Å²) < 4.78 is 26.1. The molecule has 1 aliphatic heterocycles. The largest absolute Gasteiger partial charge is 0.480 e. The van der Waals surface area contributed by atoms with E-state index in [-0.39, 0.29) is 31.6 Å². The molecule has 19 heavy (non-hydrogen) atoms. The van der Waals surface area contributed by atoms with Gasteiger partial charge in [0.2, 0.25) is 11.8 Å². The Labute approximate surface area is 110 Å². The number of halogens is 2. The maximum atomic E-state index is 13.1. The van der Waals surface area contributed by atoms with E-state index in [4.69, 9.17) is 5.11 Å². The quantitative estimate of drug-likeness (QED) is 0.841. The Balaban J connectivity index is 2.00. The molecule has 0 bridgehead atoms. The van der Waals surface area contributed by atoms with E-state index < -0.39 is 23.9 Å². The molecule has 1 N–H and O–H groups in total. The fourth-order valence-electron chi connectivity index (χ4n) is 2.97. The van der Waals surface area contributed by atoms with Gasteiger partial charge >= 0.3 is 5.97 Å². The molecule has 6 heteroatoms. The molecule has 0 spiro atoms. The van der Waals surface area contributed by atoms with Gasteiger partial charge in [-0.3, -0.25) is 4.79 Å². The van der Waals surface area contributed by atoms with Gasteiger partial charge in [0.25, 0.3) is 0 Å². The second-order valence-corrected chi connectivity index (χ2v) is 5.51. The minimum absolute atomic E-state index is 0.161. The van der Waals surface area contributed by atoms with Gasteiger partial charge in [-0.2, -0.15) is 0 Å². The van der Waals surface area contributed by atoms with E-state index in [0.717, 1.165) is 12.8 Å². The predicted molar refractivity (Wildman–Crippen MR) is 63.9 cm³/mol. The molecule has 0 aromatic rings. The summed E-state index contributed by atoms with van der Waals surface area (Å²) in [4.78, 5) is 24.8. The molecule has 108 valence electrons. The number of carboxylic acid groups (broad SMARTS) is 1. The van der Waals surface area contributed by atoms with Gasteiger partial charge in [-0.05, 0) is 32.1 Å². The first-order chi connectivity index (χ1) is 8.91. The Kier molecular flexibility index (Phi) is 4.06. The molecule has 1 amide bonds. The molecule has 2 aliphatic rings. The zero-order chi connectivity index (χ0) is 14.0. The highest BCUT2D eigenvalue weighted by Gasteiger charge is 2.41. The lowest BCUT2D eigenvalue weighted by Crippen LogP contribution is -2.50. The Morgan fingerprint density at radius 2 is 1.74 bits per heavy atom. The highest BCUT2D eigenvalue weighted by Crippen LogP contribution is 2.37. The van der Waals surface area contributed by atoms with Crippen LogP contribution in [-0.4, -0.2) is 40.4 Å². The van der Waals surface area contributed by atoms with Crippen LogP contribution in [0.25, 0.3) is 0 Å². The van der Waals surface area contributed by atoms with Gasteiger partial charge in [-0.1, -0.05) is 0 Å². The van der Waals surface area contributed by atoms with Crippen LogP contribution < -0.4 is 0 Å². The van der Waals surface area contributed by atoms with Crippen LogP contribution in [-0.2, 0) is 9.59 Å². The summed E-state index contributed by atoms with van der Waals surface area (Å²) in [6.07, 6.45) is 1.83. The molecule has 4 nitrogen and oxygen atoms in total. The van der Waals surface area contributed by atoms with Crippen molar-refractivity contribution in [2.24, 2.45) is 5.92 Å². The minimum atomic E-state index is -2.66. The van der Waals surface area contributed by atoms with Crippen molar-refractivity contribution < 1.29 is 23.5 Å². The Morgan fingerprint density at radius 3 is 2.32 bits per heavy atom. The Morgan fingerprint density at radius 1 is 1.11 bits per heavy atom. The number of hydrogen-bond acceptors (Lipinski definition) is 2. The van der Waals surface area contributed by atoms with Crippen LogP contribution in [0.2, 0.25) is 0 Å². The lowest BCUT2D eigenvalue weighted by atomic mass is 9.85. The molecule has 1 saturated heterocycles. The Hall–Kier alpha value is -1.20. The first-order valence-corrected chi connectivity index (χ1v) is 6.82. The van der Waals surface area contributed by atoms with Gasteiger partial charge < -0.3 is 10.0 Å². The van der Waals surface area contributed by atoms with E-state index in [1.165, 1.54) is 4.90 Å². The number of alkyl halides is 2. The van der Waals surface area contributed by atoms with Crippen molar-refractivity contribution in [2.75, 3.05) is 6.54 Å². The Bertz CT molecular complexity index is 363. The van der Waals surface area contributed by atoms with Crippen LogP contribution in [0.3, 0.4) is 0 Å². The summed E-state index contributed by atoms with van der Waals surface area (Å²) in [5.74, 6) is -4.33. The topological polar surface area (TPSA) is 57.6 Å². The number of hydrogen-bond donors (Lipinski definition) is 1. The molecular formula is C13H19F2NO3. The second kappa shape index (κ2) is 5.43. The summed E-state index contributed by atoms with van der Waals surface area (Å²) in [6, 6.07) is -0.774. The number of amides is 1. The van der Waals surface area contributed by atoms with E-state index in [9.17, 15) is 18.4 Å². The lowest BCUT2D eigenvalue weighted by Gasteiger charge is -2.37. The molecule has 1 atom stereocenters. The van der Waals surface area contributed by atoms with Crippen molar-refractivity contribution in [3.63, 3.8) is 0 Å². The SMILES string of the molecule is O=C(O)[C@H]1CCCCN1C(=O)C1CCC(F)(F)CC1. The van der Waals surface area contributed by atoms with Crippen LogP contribution in [0.4, 0.5) is 8.78 Å². The number of nitrogens with zero attached hydrogens (tertiary/aromatic N) is 1. The van der Waals surface area contributed by atoms with Crippen molar-refractivity contribution in [3.05, 3.63) is 0 Å². The fourth-order valence-corrected chi connectivity index (χ4v) is 2.97. The molecule has 2 fully saturated rings. The van der Waals surface area contributed by atoms with Gasteiger partial charge in [0.15, 0.2) is 0 Å². The van der Waals surface area contributed by atoms with E-state index in [1.54, 1.807) is 0 Å². The summed E-state index contributed by atoms with van der Waals surface area (Å²) in [7, 11) is 0. The lowest BCUT2D eigenvalue weighted by molar-refractivity contribution is -0.155. The number of piperidine rings is 1. The van der Waals surface area contributed by atoms with Gasteiger partial charge in [-0.25, -0.2) is 13.6 Å². The molecule has 1 saturated carbocycles. The van der Waals surface area contributed by atoms with E-state index >= 15 is 0 Å². The predicted octanol–water partition coefficient (Wildman–Crippen LogP) is 2.28. The number of carbonyl (C=O) groups is 2. The van der Waals surface area contributed by atoms with Crippen molar-refractivity contribution in [3.8, 4) is 0 Å². The van der Waals surface area contributed by atoms with Gasteiger partial charge in [-0.15, -0.1) is 0 Å². The summed E-state index contributed by atoms with van der Waals surface area (Å²) in [5, 5.41) is 9.13. The number of carboxylic acids is 1. The summed E-state index contributed by atoms with van der Waals surface area (Å²) in [6.45, 7) is 0.433. The third kappa shape index (κ3) is 3.22. The normalized spacial score (nSPS) is 28.1. The van der Waals surface area contributed by atoms with Gasteiger partial charge in [0, 0.05) is 25.3 Å². The monoisotopic (exact) mass is 275 g/mol. The van der Waals surface area contributed by atoms with Gasteiger partial charge in [0.05, 0.1) is 0 Å². The zero-order valence-electron chi connectivity index (χ0n) is 10.8.